The van der Waals surface area contributed by atoms with E-state index in [1.54, 1.807) is 6.08 Å². The number of halogens is 1. The summed E-state index contributed by atoms with van der Waals surface area (Å²) in [6.07, 6.45) is 2.30. The second-order valence-corrected chi connectivity index (χ2v) is 4.19. The Balaban J connectivity index is 0. The third-order valence-corrected chi connectivity index (χ3v) is 3.65. The smallest absolute Gasteiger partial charge is 0.132 e. The van der Waals surface area contributed by atoms with Crippen molar-refractivity contribution in [2.24, 2.45) is 0 Å². The van der Waals surface area contributed by atoms with Crippen LogP contribution in [0.2, 0.25) is 0 Å². The third-order valence-electron chi connectivity index (χ3n) is 3.65. The van der Waals surface area contributed by atoms with Crippen molar-refractivity contribution in [1.29, 1.82) is 0 Å². The molecule has 0 amide bonds. The van der Waals surface area contributed by atoms with E-state index in [1.807, 2.05) is 6.92 Å². The lowest BCUT2D eigenvalue weighted by Gasteiger charge is -2.40. The SMILES string of the molecule is C=CC.CC[N+](CC)(CC)C(C)C1CO1.[Cl-]. The van der Waals surface area contributed by atoms with Crippen molar-refractivity contribution in [3.05, 3.63) is 12.7 Å². The minimum absolute atomic E-state index is 0. The number of nitrogens with zero attached hydrogens (tertiary/aromatic N) is 1. The number of rotatable bonds is 5. The molecule has 0 aromatic heterocycles. The van der Waals surface area contributed by atoms with Crippen LogP contribution in [-0.2, 0) is 4.74 Å². The molecule has 0 aromatic rings. The molecule has 0 spiro atoms. The second kappa shape index (κ2) is 9.03. The van der Waals surface area contributed by atoms with E-state index in [9.17, 15) is 0 Å². The van der Waals surface area contributed by atoms with Crippen molar-refractivity contribution < 1.29 is 21.6 Å². The Hall–Kier alpha value is -0.0500. The summed E-state index contributed by atoms with van der Waals surface area (Å²) in [5.41, 5.74) is 0. The Labute approximate surface area is 108 Å². The highest BCUT2D eigenvalue weighted by molar-refractivity contribution is 4.77. The molecule has 1 aliphatic rings. The first-order valence-corrected chi connectivity index (χ1v) is 6.16. The van der Waals surface area contributed by atoms with E-state index in [-0.39, 0.29) is 12.4 Å². The van der Waals surface area contributed by atoms with E-state index in [2.05, 4.69) is 34.3 Å². The van der Waals surface area contributed by atoms with Crippen molar-refractivity contribution in [3.8, 4) is 0 Å². The maximum atomic E-state index is 5.37. The minimum Gasteiger partial charge on any atom is -1.00 e. The van der Waals surface area contributed by atoms with Crippen molar-refractivity contribution in [3.63, 3.8) is 0 Å². The average Bonchev–Trinajstić information content (AvgIpc) is 3.05. The Kier molecular flexibility index (Phi) is 10.3. The highest BCUT2D eigenvalue weighted by Crippen LogP contribution is 2.24. The minimum atomic E-state index is 0. The summed E-state index contributed by atoms with van der Waals surface area (Å²) < 4.78 is 6.58. The lowest BCUT2D eigenvalue weighted by molar-refractivity contribution is -0.945. The van der Waals surface area contributed by atoms with Gasteiger partial charge in [0.15, 0.2) is 0 Å². The van der Waals surface area contributed by atoms with Crippen LogP contribution in [0.3, 0.4) is 0 Å². The molecule has 2 nitrogen and oxygen atoms in total. The molecule has 1 heterocycles. The molecule has 2 unspecified atom stereocenters. The molecule has 0 N–H and O–H groups in total. The van der Waals surface area contributed by atoms with Gasteiger partial charge in [-0.15, -0.1) is 6.58 Å². The number of ether oxygens (including phenoxy) is 1. The van der Waals surface area contributed by atoms with Gasteiger partial charge in [0.25, 0.3) is 0 Å². The van der Waals surface area contributed by atoms with E-state index >= 15 is 0 Å². The van der Waals surface area contributed by atoms with Crippen LogP contribution in [0.15, 0.2) is 12.7 Å². The number of allylic oxidation sites excluding steroid dienone is 1. The Bertz CT molecular complexity index is 169. The van der Waals surface area contributed by atoms with Gasteiger partial charge in [0.1, 0.15) is 12.1 Å². The summed E-state index contributed by atoms with van der Waals surface area (Å²) >= 11 is 0. The van der Waals surface area contributed by atoms with E-state index in [4.69, 9.17) is 4.74 Å². The fourth-order valence-electron chi connectivity index (χ4n) is 2.22. The molecule has 1 aliphatic heterocycles. The summed E-state index contributed by atoms with van der Waals surface area (Å²) in [5.74, 6) is 0. The summed E-state index contributed by atoms with van der Waals surface area (Å²) in [4.78, 5) is 0. The average molecular weight is 250 g/mol. The Morgan fingerprint density at radius 1 is 1.31 bits per heavy atom. The number of quaternary nitrogens is 1. The van der Waals surface area contributed by atoms with Crippen LogP contribution in [-0.4, -0.2) is 42.9 Å². The summed E-state index contributed by atoms with van der Waals surface area (Å²) in [6, 6.07) is 0.685. The normalized spacial score (nSPS) is 19.9. The molecule has 0 bridgehead atoms. The van der Waals surface area contributed by atoms with Crippen molar-refractivity contribution in [1.82, 2.24) is 0 Å². The molecule has 0 saturated carbocycles. The molecule has 2 atom stereocenters. The van der Waals surface area contributed by atoms with E-state index in [0.717, 1.165) is 6.61 Å². The molecule has 98 valence electrons. The molecular formula is C13H28ClNO. The van der Waals surface area contributed by atoms with Crippen LogP contribution in [0.5, 0.6) is 0 Å². The van der Waals surface area contributed by atoms with Gasteiger partial charge in [0, 0.05) is 0 Å². The molecule has 0 radical (unpaired) electrons. The third kappa shape index (κ3) is 4.86. The monoisotopic (exact) mass is 249 g/mol. The van der Waals surface area contributed by atoms with Gasteiger partial charge in [-0.05, 0) is 34.6 Å². The molecule has 16 heavy (non-hydrogen) atoms. The highest BCUT2D eigenvalue weighted by Gasteiger charge is 2.42. The maximum Gasteiger partial charge on any atom is 0.132 e. The molecule has 1 fully saturated rings. The number of epoxide rings is 1. The lowest BCUT2D eigenvalue weighted by Crippen LogP contribution is -3.00. The number of hydrogen-bond acceptors (Lipinski definition) is 1. The van der Waals surface area contributed by atoms with Gasteiger partial charge in [0.05, 0.1) is 26.2 Å². The van der Waals surface area contributed by atoms with Gasteiger partial charge in [-0.25, -0.2) is 0 Å². The van der Waals surface area contributed by atoms with E-state index in [0.29, 0.717) is 12.1 Å². The van der Waals surface area contributed by atoms with E-state index < -0.39 is 0 Å². The van der Waals surface area contributed by atoms with E-state index in [1.165, 1.54) is 24.1 Å². The van der Waals surface area contributed by atoms with Gasteiger partial charge < -0.3 is 21.6 Å². The van der Waals surface area contributed by atoms with Gasteiger partial charge in [-0.3, -0.25) is 0 Å². The molecule has 1 saturated heterocycles. The Morgan fingerprint density at radius 3 is 1.81 bits per heavy atom. The zero-order valence-electron chi connectivity index (χ0n) is 11.5. The van der Waals surface area contributed by atoms with Crippen molar-refractivity contribution in [2.75, 3.05) is 26.2 Å². The van der Waals surface area contributed by atoms with Crippen molar-refractivity contribution >= 4 is 0 Å². The predicted octanol–water partition coefficient (Wildman–Crippen LogP) is -0.153. The zero-order valence-corrected chi connectivity index (χ0v) is 12.3. The van der Waals surface area contributed by atoms with Gasteiger partial charge in [-0.1, -0.05) is 6.08 Å². The standard InChI is InChI=1S/C10H22NO.C3H6.ClH/c1-5-11(6-2,7-3)9(4)10-8-12-10;1-3-2;/h9-10H,5-8H2,1-4H3;3H,1H2,2H3;1H/q+1;;/p-1. The maximum absolute atomic E-state index is 5.37. The summed E-state index contributed by atoms with van der Waals surface area (Å²) in [6.45, 7) is 19.1. The van der Waals surface area contributed by atoms with Gasteiger partial charge in [0.2, 0.25) is 0 Å². The topological polar surface area (TPSA) is 12.5 Å². The van der Waals surface area contributed by atoms with Crippen molar-refractivity contribution in [2.45, 2.75) is 46.8 Å². The quantitative estimate of drug-likeness (QED) is 0.375. The van der Waals surface area contributed by atoms with Crippen LogP contribution in [0, 0.1) is 0 Å². The van der Waals surface area contributed by atoms with Gasteiger partial charge >= 0.3 is 0 Å². The van der Waals surface area contributed by atoms with Gasteiger partial charge in [-0.2, -0.15) is 0 Å². The summed E-state index contributed by atoms with van der Waals surface area (Å²) in [7, 11) is 0. The van der Waals surface area contributed by atoms with Crippen LogP contribution >= 0.6 is 0 Å². The lowest BCUT2D eigenvalue weighted by atomic mass is 10.1. The molecular weight excluding hydrogens is 222 g/mol. The second-order valence-electron chi connectivity index (χ2n) is 4.19. The largest absolute Gasteiger partial charge is 1.00 e. The molecule has 1 rings (SSSR count). The predicted molar refractivity (Wildman–Crippen MR) is 67.0 cm³/mol. The molecule has 3 heteroatoms. The first-order chi connectivity index (χ1) is 7.11. The van der Waals surface area contributed by atoms with Crippen LogP contribution < -0.4 is 12.4 Å². The summed E-state index contributed by atoms with van der Waals surface area (Å²) in [5, 5.41) is 0. The number of likely N-dealkylation sites (N-methyl/N-ethyl adjacent to an activating group) is 1. The zero-order chi connectivity index (χ0) is 11.9. The van der Waals surface area contributed by atoms with Crippen LogP contribution in [0.4, 0.5) is 0 Å². The highest BCUT2D eigenvalue weighted by atomic mass is 35.5. The fraction of sp³-hybridized carbons (Fsp3) is 0.846. The fourth-order valence-corrected chi connectivity index (χ4v) is 2.22. The van der Waals surface area contributed by atoms with Crippen LogP contribution in [0.25, 0.3) is 0 Å². The molecule has 0 aromatic carbocycles. The van der Waals surface area contributed by atoms with Crippen LogP contribution in [0.1, 0.15) is 34.6 Å². The molecule has 0 aliphatic carbocycles. The Morgan fingerprint density at radius 2 is 1.62 bits per heavy atom. The number of hydrogen-bond donors (Lipinski definition) is 0. The first-order valence-electron chi connectivity index (χ1n) is 6.16. The first kappa shape index (κ1) is 18.3.